The Kier molecular flexibility index (Phi) is 30.5. The van der Waals surface area contributed by atoms with Gasteiger partial charge >= 0.3 is 0 Å². The molecule has 0 saturated carbocycles. The maximum absolute atomic E-state index is 4.88. The van der Waals surface area contributed by atoms with Crippen LogP contribution in [0, 0.1) is 17.8 Å². The van der Waals surface area contributed by atoms with Gasteiger partial charge in [-0.25, -0.2) is 0 Å². The zero-order chi connectivity index (χ0) is 19.2. The molecule has 0 heterocycles. The van der Waals surface area contributed by atoms with E-state index in [4.69, 9.17) is 12.2 Å². The van der Waals surface area contributed by atoms with Crippen LogP contribution in [0.15, 0.2) is 0 Å². The lowest BCUT2D eigenvalue weighted by Crippen LogP contribution is -2.15. The van der Waals surface area contributed by atoms with E-state index >= 15 is 0 Å². The summed E-state index contributed by atoms with van der Waals surface area (Å²) in [7, 11) is 0. The lowest BCUT2D eigenvalue weighted by molar-refractivity contribution is 0.252. The molecule has 0 radical (unpaired) electrons. The van der Waals surface area contributed by atoms with Gasteiger partial charge in [0.25, 0.3) is 0 Å². The van der Waals surface area contributed by atoms with Crippen molar-refractivity contribution in [3.63, 3.8) is 0 Å². The minimum atomic E-state index is 0.876. The molecule has 0 amide bonds. The summed E-state index contributed by atoms with van der Waals surface area (Å²) in [6.07, 6.45) is 14.8. The van der Waals surface area contributed by atoms with E-state index in [-0.39, 0.29) is 0 Å². The summed E-state index contributed by atoms with van der Waals surface area (Å²) in [5.41, 5.74) is 0. The highest BCUT2D eigenvalue weighted by molar-refractivity contribution is 7.78. The van der Waals surface area contributed by atoms with E-state index in [1.54, 1.807) is 0 Å². The second kappa shape index (κ2) is 25.3. The van der Waals surface area contributed by atoms with Crippen molar-refractivity contribution in [3.05, 3.63) is 0 Å². The first-order valence-corrected chi connectivity index (χ1v) is 11.5. The van der Waals surface area contributed by atoms with E-state index in [1.165, 1.54) is 64.2 Å². The molecule has 1 unspecified atom stereocenters. The molecular formula is C23H50S. The van der Waals surface area contributed by atoms with Crippen LogP contribution in [0.3, 0.4) is 0 Å². The molecule has 0 N–H and O–H groups in total. The van der Waals surface area contributed by atoms with E-state index in [0.29, 0.717) is 0 Å². The fraction of sp³-hybridized carbons (Fsp3) is 0.957. The summed E-state index contributed by atoms with van der Waals surface area (Å²) >= 11 is 4.88. The van der Waals surface area contributed by atoms with Gasteiger partial charge in [0.2, 0.25) is 0 Å². The summed E-state index contributed by atoms with van der Waals surface area (Å²) < 4.78 is 0. The largest absolute Gasteiger partial charge is 0.0935 e. The molecule has 0 aliphatic carbocycles. The lowest BCUT2D eigenvalue weighted by Gasteiger charge is -2.26. The topological polar surface area (TPSA) is 0 Å². The van der Waals surface area contributed by atoms with Gasteiger partial charge in [0.05, 0.1) is 0 Å². The van der Waals surface area contributed by atoms with Crippen molar-refractivity contribution >= 4 is 17.6 Å². The van der Waals surface area contributed by atoms with Gasteiger partial charge in [-0.2, -0.15) is 0 Å². The minimum Gasteiger partial charge on any atom is -0.0935 e. The number of rotatable bonds is 13. The van der Waals surface area contributed by atoms with Crippen LogP contribution in [0.4, 0.5) is 0 Å². The average Bonchev–Trinajstić information content (AvgIpc) is 2.63. The van der Waals surface area contributed by atoms with Crippen LogP contribution in [0.2, 0.25) is 0 Å². The predicted octanol–water partition coefficient (Wildman–Crippen LogP) is 9.26. The van der Waals surface area contributed by atoms with Crippen molar-refractivity contribution in [2.75, 3.05) is 0 Å². The van der Waals surface area contributed by atoms with Gasteiger partial charge in [-0.15, -0.1) is 0 Å². The molecule has 2 atom stereocenters. The van der Waals surface area contributed by atoms with Crippen LogP contribution in [0.5, 0.6) is 0 Å². The average molecular weight is 359 g/mol. The smallest absolute Gasteiger partial charge is 0.0210 e. The third-order valence-electron chi connectivity index (χ3n) is 5.06. The Hall–Kier alpha value is 0.0900. The highest BCUT2D eigenvalue weighted by atomic mass is 32.1. The normalized spacial score (nSPS) is 12.5. The van der Waals surface area contributed by atoms with Crippen LogP contribution in [0.25, 0.3) is 0 Å². The molecule has 148 valence electrons. The third-order valence-corrected chi connectivity index (χ3v) is 5.29. The molecule has 0 aliphatic heterocycles. The van der Waals surface area contributed by atoms with Gasteiger partial charge in [-0.05, 0) is 42.4 Å². The number of unbranched alkanes of at least 4 members (excludes halogenated alkanes) is 4. The fourth-order valence-electron chi connectivity index (χ4n) is 3.11. The van der Waals surface area contributed by atoms with Gasteiger partial charge < -0.3 is 0 Å². The Bertz CT molecular complexity index is 204. The molecule has 0 aromatic heterocycles. The lowest BCUT2D eigenvalue weighted by atomic mass is 9.80. The van der Waals surface area contributed by atoms with Crippen LogP contribution >= 0.6 is 12.2 Å². The van der Waals surface area contributed by atoms with Crippen molar-refractivity contribution in [1.29, 1.82) is 0 Å². The molecule has 0 bridgehead atoms. The molecule has 0 aromatic carbocycles. The van der Waals surface area contributed by atoms with Crippen LogP contribution < -0.4 is 0 Å². The molecule has 0 aliphatic rings. The molecule has 0 aromatic rings. The summed E-state index contributed by atoms with van der Waals surface area (Å²) in [5, 5.41) is 1.88. The van der Waals surface area contributed by atoms with Gasteiger partial charge in [0.15, 0.2) is 0 Å². The Labute approximate surface area is 161 Å². The van der Waals surface area contributed by atoms with Crippen molar-refractivity contribution in [2.24, 2.45) is 17.8 Å². The van der Waals surface area contributed by atoms with Crippen molar-refractivity contribution in [2.45, 2.75) is 126 Å². The van der Waals surface area contributed by atoms with E-state index in [0.717, 1.165) is 24.2 Å². The van der Waals surface area contributed by atoms with Gasteiger partial charge in [0.1, 0.15) is 0 Å². The van der Waals surface area contributed by atoms with Crippen molar-refractivity contribution in [3.8, 4) is 0 Å². The van der Waals surface area contributed by atoms with Crippen LogP contribution in [-0.2, 0) is 0 Å². The summed E-state index contributed by atoms with van der Waals surface area (Å²) in [6, 6.07) is 0. The zero-order valence-corrected chi connectivity index (χ0v) is 19.3. The van der Waals surface area contributed by atoms with E-state index in [2.05, 4.69) is 41.5 Å². The molecule has 0 nitrogen and oxygen atoms in total. The molecular weight excluding hydrogens is 308 g/mol. The van der Waals surface area contributed by atoms with E-state index in [9.17, 15) is 0 Å². The fourth-order valence-corrected chi connectivity index (χ4v) is 3.28. The van der Waals surface area contributed by atoms with Gasteiger partial charge in [0, 0.05) is 0 Å². The number of thiocarbonyl (C=S) groups is 1. The van der Waals surface area contributed by atoms with Crippen LogP contribution in [-0.4, -0.2) is 5.37 Å². The molecule has 0 rings (SSSR count). The van der Waals surface area contributed by atoms with Gasteiger partial charge in [-0.1, -0.05) is 119 Å². The maximum Gasteiger partial charge on any atom is -0.0210 e. The third kappa shape index (κ3) is 20.1. The second-order valence-corrected chi connectivity index (χ2v) is 7.20. The minimum absolute atomic E-state index is 0.876. The molecule has 0 spiro atoms. The quantitative estimate of drug-likeness (QED) is 0.233. The molecule has 0 saturated heterocycles. The second-order valence-electron chi connectivity index (χ2n) is 6.87. The summed E-state index contributed by atoms with van der Waals surface area (Å²) in [5.74, 6) is 2.74. The predicted molar refractivity (Wildman–Crippen MR) is 120 cm³/mol. The van der Waals surface area contributed by atoms with E-state index < -0.39 is 0 Å². The number of hydrogen-bond acceptors (Lipinski definition) is 1. The monoisotopic (exact) mass is 358 g/mol. The first kappa shape index (κ1) is 28.9. The Balaban J connectivity index is -0.000000462. The highest BCUT2D eigenvalue weighted by Crippen LogP contribution is 2.29. The number of hydrogen-bond donors (Lipinski definition) is 0. The standard InChI is InChI=1S/C15H30S.C6H14.C2H6/c1-5-14(6-2)12-15(7-3)13(4)10-8-9-11-16;1-3-5-6-4-2;1-2/h11,13-15H,5-10,12H2,1-4H3;3-6H2,1-2H3;1-2H3/t13?,15-;;/m1../s1. The Morgan fingerprint density at radius 1 is 0.792 bits per heavy atom. The zero-order valence-electron chi connectivity index (χ0n) is 18.5. The van der Waals surface area contributed by atoms with Crippen molar-refractivity contribution < 1.29 is 0 Å². The maximum atomic E-state index is 4.88. The molecule has 24 heavy (non-hydrogen) atoms. The van der Waals surface area contributed by atoms with Gasteiger partial charge in [-0.3, -0.25) is 0 Å². The summed E-state index contributed by atoms with van der Waals surface area (Å²) in [4.78, 5) is 0. The first-order chi connectivity index (χ1) is 11.6. The molecule has 1 heteroatoms. The van der Waals surface area contributed by atoms with Crippen molar-refractivity contribution in [1.82, 2.24) is 0 Å². The Morgan fingerprint density at radius 2 is 1.29 bits per heavy atom. The van der Waals surface area contributed by atoms with Crippen LogP contribution in [0.1, 0.15) is 126 Å². The Morgan fingerprint density at radius 3 is 1.62 bits per heavy atom. The molecule has 0 fully saturated rings. The highest BCUT2D eigenvalue weighted by Gasteiger charge is 2.18. The van der Waals surface area contributed by atoms with E-state index in [1.807, 2.05) is 19.2 Å². The first-order valence-electron chi connectivity index (χ1n) is 11.0. The summed E-state index contributed by atoms with van der Waals surface area (Å²) in [6.45, 7) is 17.9. The SMILES string of the molecule is CC.CCC(CC)C[C@@H](CC)C(C)CCCC=S.CCCCCC.